The summed E-state index contributed by atoms with van der Waals surface area (Å²) in [5.74, 6) is -0.332. The van der Waals surface area contributed by atoms with Crippen LogP contribution in [0.5, 0.6) is 0 Å². The first-order valence-electron chi connectivity index (χ1n) is 6.28. The van der Waals surface area contributed by atoms with Crippen LogP contribution in [-0.4, -0.2) is 11.5 Å². The number of hydrogen-bond acceptors (Lipinski definition) is 2. The van der Waals surface area contributed by atoms with E-state index in [0.717, 1.165) is 12.1 Å². The molecule has 0 aliphatic rings. The molecular weight excluding hydrogens is 263 g/mol. The summed E-state index contributed by atoms with van der Waals surface area (Å²) >= 11 is 5.81. The molecule has 0 aliphatic carbocycles. The zero-order valence-corrected chi connectivity index (χ0v) is 11.5. The fourth-order valence-corrected chi connectivity index (χ4v) is 2.27. The van der Waals surface area contributed by atoms with Crippen molar-refractivity contribution in [3.05, 3.63) is 64.7 Å². The summed E-state index contributed by atoms with van der Waals surface area (Å²) in [5.41, 5.74) is 1.71. The Morgan fingerprint density at radius 1 is 1.26 bits per heavy atom. The van der Waals surface area contributed by atoms with Crippen molar-refractivity contribution >= 4 is 11.6 Å². The maximum atomic E-state index is 13.9. The van der Waals surface area contributed by atoms with Crippen molar-refractivity contribution in [1.82, 2.24) is 10.3 Å². The molecule has 1 heterocycles. The average Bonchev–Trinajstić information content (AvgIpc) is 2.44. The Morgan fingerprint density at radius 3 is 2.68 bits per heavy atom. The van der Waals surface area contributed by atoms with Crippen molar-refractivity contribution in [3.8, 4) is 0 Å². The monoisotopic (exact) mass is 278 g/mol. The van der Waals surface area contributed by atoms with Crippen LogP contribution in [0.15, 0.2) is 42.7 Å². The third-order valence-electron chi connectivity index (χ3n) is 3.01. The first kappa shape index (κ1) is 14.0. The predicted molar refractivity (Wildman–Crippen MR) is 75.8 cm³/mol. The normalized spacial score (nSPS) is 12.4. The zero-order valence-electron chi connectivity index (χ0n) is 10.7. The van der Waals surface area contributed by atoms with Crippen LogP contribution in [0.3, 0.4) is 0 Å². The van der Waals surface area contributed by atoms with Crippen molar-refractivity contribution in [2.45, 2.75) is 19.4 Å². The third-order valence-corrected chi connectivity index (χ3v) is 3.31. The second-order valence-electron chi connectivity index (χ2n) is 4.31. The van der Waals surface area contributed by atoms with E-state index in [0.29, 0.717) is 12.0 Å². The summed E-state index contributed by atoms with van der Waals surface area (Å²) in [4.78, 5) is 4.00. The van der Waals surface area contributed by atoms with Gasteiger partial charge in [0.15, 0.2) is 0 Å². The van der Waals surface area contributed by atoms with E-state index in [2.05, 4.69) is 10.3 Å². The Morgan fingerprint density at radius 2 is 2.00 bits per heavy atom. The summed E-state index contributed by atoms with van der Waals surface area (Å²) < 4.78 is 13.9. The van der Waals surface area contributed by atoms with Gasteiger partial charge in [-0.3, -0.25) is 4.98 Å². The van der Waals surface area contributed by atoms with E-state index >= 15 is 0 Å². The molecule has 1 aromatic heterocycles. The molecular formula is C15H16ClFN2. The molecule has 1 atom stereocenters. The van der Waals surface area contributed by atoms with Gasteiger partial charge in [0.05, 0.1) is 5.02 Å². The number of halogens is 2. The number of likely N-dealkylation sites (N-methyl/N-ethyl adjacent to an activating group) is 1. The summed E-state index contributed by atoms with van der Waals surface area (Å²) in [5, 5.41) is 3.53. The van der Waals surface area contributed by atoms with E-state index < -0.39 is 0 Å². The molecule has 2 rings (SSSR count). The van der Waals surface area contributed by atoms with Crippen LogP contribution in [0.4, 0.5) is 4.39 Å². The predicted octanol–water partition coefficient (Wildman–Crippen LogP) is 3.77. The third kappa shape index (κ3) is 3.52. The van der Waals surface area contributed by atoms with Crippen LogP contribution in [0.25, 0.3) is 0 Å². The SMILES string of the molecule is CCNC(Cc1cccc(Cl)c1F)c1ccncc1. The zero-order chi connectivity index (χ0) is 13.7. The molecule has 0 saturated heterocycles. The van der Waals surface area contributed by atoms with E-state index in [1.807, 2.05) is 19.1 Å². The summed E-state index contributed by atoms with van der Waals surface area (Å²) in [6.07, 6.45) is 4.05. The lowest BCUT2D eigenvalue weighted by Crippen LogP contribution is -2.23. The average molecular weight is 279 g/mol. The quantitative estimate of drug-likeness (QED) is 0.901. The number of benzene rings is 1. The van der Waals surface area contributed by atoms with E-state index in [1.165, 1.54) is 0 Å². The van der Waals surface area contributed by atoms with Crippen molar-refractivity contribution in [3.63, 3.8) is 0 Å². The minimum Gasteiger partial charge on any atom is -0.310 e. The Bertz CT molecular complexity index is 531. The molecule has 0 radical (unpaired) electrons. The molecule has 1 unspecified atom stereocenters. The van der Waals surface area contributed by atoms with Gasteiger partial charge in [-0.2, -0.15) is 0 Å². The van der Waals surface area contributed by atoms with Crippen molar-refractivity contribution in [2.24, 2.45) is 0 Å². The van der Waals surface area contributed by atoms with Crippen molar-refractivity contribution < 1.29 is 4.39 Å². The first-order valence-corrected chi connectivity index (χ1v) is 6.66. The Hall–Kier alpha value is -1.45. The Balaban J connectivity index is 2.24. The lowest BCUT2D eigenvalue weighted by Gasteiger charge is -2.18. The molecule has 0 saturated carbocycles. The molecule has 0 fully saturated rings. The van der Waals surface area contributed by atoms with Crippen LogP contribution in [0.2, 0.25) is 5.02 Å². The molecule has 2 aromatic rings. The number of pyridine rings is 1. The van der Waals surface area contributed by atoms with Crippen LogP contribution < -0.4 is 5.32 Å². The smallest absolute Gasteiger partial charge is 0.145 e. The van der Waals surface area contributed by atoms with Gasteiger partial charge in [0.2, 0.25) is 0 Å². The molecule has 0 bridgehead atoms. The van der Waals surface area contributed by atoms with Crippen molar-refractivity contribution in [2.75, 3.05) is 6.54 Å². The summed E-state index contributed by atoms with van der Waals surface area (Å²) in [6, 6.07) is 9.05. The van der Waals surface area contributed by atoms with Gasteiger partial charge < -0.3 is 5.32 Å². The van der Waals surface area contributed by atoms with Crippen molar-refractivity contribution in [1.29, 1.82) is 0 Å². The van der Waals surface area contributed by atoms with E-state index in [1.54, 1.807) is 30.6 Å². The largest absolute Gasteiger partial charge is 0.310 e. The molecule has 1 N–H and O–H groups in total. The van der Waals surface area contributed by atoms with Crippen LogP contribution in [-0.2, 0) is 6.42 Å². The maximum Gasteiger partial charge on any atom is 0.145 e. The van der Waals surface area contributed by atoms with Gasteiger partial charge >= 0.3 is 0 Å². The molecule has 4 heteroatoms. The molecule has 19 heavy (non-hydrogen) atoms. The van der Waals surface area contributed by atoms with Crippen LogP contribution in [0.1, 0.15) is 24.1 Å². The van der Waals surface area contributed by atoms with Crippen LogP contribution >= 0.6 is 11.6 Å². The van der Waals surface area contributed by atoms with Gasteiger partial charge in [0.1, 0.15) is 5.82 Å². The highest BCUT2D eigenvalue weighted by Gasteiger charge is 2.14. The number of rotatable bonds is 5. The molecule has 1 aromatic carbocycles. The standard InChI is InChI=1S/C15H16ClFN2/c1-2-19-14(11-6-8-18-9-7-11)10-12-4-3-5-13(16)15(12)17/h3-9,14,19H,2,10H2,1H3. The highest BCUT2D eigenvalue weighted by molar-refractivity contribution is 6.30. The second-order valence-corrected chi connectivity index (χ2v) is 4.72. The van der Waals surface area contributed by atoms with E-state index in [4.69, 9.17) is 11.6 Å². The maximum absolute atomic E-state index is 13.9. The highest BCUT2D eigenvalue weighted by Crippen LogP contribution is 2.23. The highest BCUT2D eigenvalue weighted by atomic mass is 35.5. The fourth-order valence-electron chi connectivity index (χ4n) is 2.08. The van der Waals surface area contributed by atoms with Gasteiger partial charge in [-0.05, 0) is 42.3 Å². The number of hydrogen-bond donors (Lipinski definition) is 1. The van der Waals surface area contributed by atoms with Gasteiger partial charge in [-0.15, -0.1) is 0 Å². The Labute approximate surface area is 117 Å². The van der Waals surface area contributed by atoms with Crippen LogP contribution in [0, 0.1) is 5.82 Å². The van der Waals surface area contributed by atoms with E-state index in [-0.39, 0.29) is 16.9 Å². The van der Waals surface area contributed by atoms with Gasteiger partial charge in [0, 0.05) is 18.4 Å². The lowest BCUT2D eigenvalue weighted by atomic mass is 9.99. The fraction of sp³-hybridized carbons (Fsp3) is 0.267. The minimum absolute atomic E-state index is 0.0565. The van der Waals surface area contributed by atoms with Gasteiger partial charge in [0.25, 0.3) is 0 Å². The van der Waals surface area contributed by atoms with Gasteiger partial charge in [-0.1, -0.05) is 30.7 Å². The van der Waals surface area contributed by atoms with E-state index in [9.17, 15) is 4.39 Å². The second kappa shape index (κ2) is 6.64. The molecule has 2 nitrogen and oxygen atoms in total. The number of nitrogens with one attached hydrogen (secondary N) is 1. The topological polar surface area (TPSA) is 24.9 Å². The molecule has 0 amide bonds. The molecule has 100 valence electrons. The number of aromatic nitrogens is 1. The first-order chi connectivity index (χ1) is 9.22. The summed E-state index contributed by atoms with van der Waals surface area (Å²) in [7, 11) is 0. The van der Waals surface area contributed by atoms with Gasteiger partial charge in [-0.25, -0.2) is 4.39 Å². The lowest BCUT2D eigenvalue weighted by molar-refractivity contribution is 0.528. The molecule has 0 spiro atoms. The minimum atomic E-state index is -0.332. The molecule has 0 aliphatic heterocycles. The summed E-state index contributed by atoms with van der Waals surface area (Å²) in [6.45, 7) is 2.84. The Kier molecular flexibility index (Phi) is 4.88. The number of nitrogens with zero attached hydrogens (tertiary/aromatic N) is 1.